The van der Waals surface area contributed by atoms with Gasteiger partial charge in [0, 0.05) is 6.04 Å². The molecule has 0 bridgehead atoms. The summed E-state index contributed by atoms with van der Waals surface area (Å²) in [7, 11) is 1.68. The zero-order valence-corrected chi connectivity index (χ0v) is 18.9. The van der Waals surface area contributed by atoms with Crippen LogP contribution >= 0.6 is 0 Å². The van der Waals surface area contributed by atoms with Gasteiger partial charge in [-0.25, -0.2) is 17.6 Å². The van der Waals surface area contributed by atoms with Crippen LogP contribution in [0.2, 0.25) is 0 Å². The molecule has 2 aromatic rings. The molecule has 2 rings (SSSR count). The van der Waals surface area contributed by atoms with Crippen LogP contribution in [0.1, 0.15) is 60.2 Å². The lowest BCUT2D eigenvalue weighted by molar-refractivity contribution is 0.0541. The van der Waals surface area contributed by atoms with Crippen molar-refractivity contribution < 1.29 is 45.4 Å². The number of imide groups is 1. The fourth-order valence-electron chi connectivity index (χ4n) is 3.40. The molecule has 0 aromatic heterocycles. The van der Waals surface area contributed by atoms with Gasteiger partial charge in [-0.1, -0.05) is 26.2 Å². The molecule has 1 atom stereocenters. The number of benzene rings is 2. The smallest absolute Gasteiger partial charge is 0.264 e. The van der Waals surface area contributed by atoms with Gasteiger partial charge in [-0.2, -0.15) is 8.78 Å². The Morgan fingerprint density at radius 1 is 0.794 bits per heavy atom. The van der Waals surface area contributed by atoms with Crippen LogP contribution in [0.3, 0.4) is 0 Å². The van der Waals surface area contributed by atoms with Crippen LogP contribution in [0.5, 0.6) is 11.5 Å². The van der Waals surface area contributed by atoms with Gasteiger partial charge in [-0.05, 0) is 25.5 Å². The predicted octanol–water partition coefficient (Wildman–Crippen LogP) is 5.79. The summed E-state index contributed by atoms with van der Waals surface area (Å²) in [6.45, 7) is 3.28. The quantitative estimate of drug-likeness (QED) is 0.193. The zero-order valence-electron chi connectivity index (χ0n) is 18.9. The number of nitrogens with zero attached hydrogens (tertiary/aromatic N) is 1. The first kappa shape index (κ1) is 27.0. The molecular formula is C23H23F6NO4. The van der Waals surface area contributed by atoms with Gasteiger partial charge >= 0.3 is 0 Å². The molecule has 34 heavy (non-hydrogen) atoms. The first-order chi connectivity index (χ1) is 16.0. The Labute approximate surface area is 192 Å². The number of unbranched alkanes of at least 4 members (excludes halogenated alkanes) is 2. The highest BCUT2D eigenvalue weighted by molar-refractivity contribution is 6.11. The van der Waals surface area contributed by atoms with E-state index in [-0.39, 0.29) is 18.6 Å². The lowest BCUT2D eigenvalue weighted by atomic mass is 10.0. The average molecular weight is 491 g/mol. The molecule has 5 nitrogen and oxygen atoms in total. The maximum atomic E-state index is 14.8. The SMILES string of the molecule is CCCCCC(C)N(C(=O)c1cc(F)c(F)c(OC)c1F)C(=O)c1cc(F)c(F)c(OC)c1F. The Morgan fingerprint density at radius 2 is 1.21 bits per heavy atom. The van der Waals surface area contributed by atoms with Crippen molar-refractivity contribution in [3.63, 3.8) is 0 Å². The molecule has 0 saturated heterocycles. The number of rotatable bonds is 9. The number of carbonyl (C=O) groups excluding carboxylic acids is 2. The van der Waals surface area contributed by atoms with Crippen molar-refractivity contribution in [3.05, 3.63) is 58.2 Å². The van der Waals surface area contributed by atoms with Gasteiger partial charge in [0.25, 0.3) is 11.8 Å². The molecule has 0 aliphatic carbocycles. The number of halogens is 6. The Balaban J connectivity index is 2.67. The number of hydrogen-bond donors (Lipinski definition) is 0. The third-order valence-corrected chi connectivity index (χ3v) is 5.20. The van der Waals surface area contributed by atoms with E-state index in [1.807, 2.05) is 6.92 Å². The Hall–Kier alpha value is -3.24. The molecule has 186 valence electrons. The second-order valence-electron chi connectivity index (χ2n) is 7.46. The fourth-order valence-corrected chi connectivity index (χ4v) is 3.40. The molecule has 1 unspecified atom stereocenters. The summed E-state index contributed by atoms with van der Waals surface area (Å²) in [6.07, 6.45) is 2.15. The summed E-state index contributed by atoms with van der Waals surface area (Å²) in [4.78, 5) is 26.8. The molecule has 0 fully saturated rings. The highest BCUT2D eigenvalue weighted by Gasteiger charge is 2.36. The van der Waals surface area contributed by atoms with E-state index in [9.17, 15) is 35.9 Å². The molecule has 0 aliphatic heterocycles. The van der Waals surface area contributed by atoms with Crippen LogP contribution in [0, 0.1) is 34.9 Å². The summed E-state index contributed by atoms with van der Waals surface area (Å²) in [6, 6.07) is -0.545. The van der Waals surface area contributed by atoms with Crippen molar-refractivity contribution in [1.29, 1.82) is 0 Å². The maximum absolute atomic E-state index is 14.8. The number of methoxy groups -OCH3 is 2. The van der Waals surface area contributed by atoms with Gasteiger partial charge in [0.15, 0.2) is 34.8 Å². The van der Waals surface area contributed by atoms with E-state index < -0.39 is 75.4 Å². The number of amides is 2. The van der Waals surface area contributed by atoms with E-state index in [0.29, 0.717) is 17.7 Å². The highest BCUT2D eigenvalue weighted by Crippen LogP contribution is 2.31. The Morgan fingerprint density at radius 3 is 1.56 bits per heavy atom. The lowest BCUT2D eigenvalue weighted by Crippen LogP contribution is -2.44. The summed E-state index contributed by atoms with van der Waals surface area (Å²) in [5.41, 5.74) is -2.14. The van der Waals surface area contributed by atoms with Crippen molar-refractivity contribution in [2.24, 2.45) is 0 Å². The molecule has 11 heteroatoms. The van der Waals surface area contributed by atoms with Crippen LogP contribution in [-0.2, 0) is 0 Å². The lowest BCUT2D eigenvalue weighted by Gasteiger charge is -2.28. The van der Waals surface area contributed by atoms with E-state index in [1.54, 1.807) is 0 Å². The van der Waals surface area contributed by atoms with E-state index in [4.69, 9.17) is 0 Å². The van der Waals surface area contributed by atoms with E-state index in [2.05, 4.69) is 9.47 Å². The van der Waals surface area contributed by atoms with Gasteiger partial charge in [0.05, 0.1) is 25.3 Å². The molecule has 2 aromatic carbocycles. The monoisotopic (exact) mass is 491 g/mol. The third kappa shape index (κ3) is 5.13. The number of hydrogen-bond acceptors (Lipinski definition) is 4. The van der Waals surface area contributed by atoms with Gasteiger partial charge in [-0.3, -0.25) is 14.5 Å². The van der Waals surface area contributed by atoms with Crippen LogP contribution < -0.4 is 9.47 Å². The normalized spacial score (nSPS) is 11.8. The number of ether oxygens (including phenoxy) is 2. The molecular weight excluding hydrogens is 468 g/mol. The van der Waals surface area contributed by atoms with E-state index >= 15 is 0 Å². The van der Waals surface area contributed by atoms with Gasteiger partial charge in [-0.15, -0.1) is 0 Å². The number of carbonyl (C=O) groups is 2. The highest BCUT2D eigenvalue weighted by atomic mass is 19.2. The Kier molecular flexibility index (Phi) is 8.94. The minimum absolute atomic E-state index is 0.177. The predicted molar refractivity (Wildman–Crippen MR) is 110 cm³/mol. The second-order valence-corrected chi connectivity index (χ2v) is 7.46. The van der Waals surface area contributed by atoms with Crippen molar-refractivity contribution in [1.82, 2.24) is 4.90 Å². The second kappa shape index (κ2) is 11.3. The molecule has 0 saturated carbocycles. The van der Waals surface area contributed by atoms with Crippen molar-refractivity contribution >= 4 is 11.8 Å². The van der Waals surface area contributed by atoms with Gasteiger partial charge in [0.2, 0.25) is 11.6 Å². The zero-order chi connectivity index (χ0) is 25.7. The Bertz CT molecular complexity index is 1010. The first-order valence-corrected chi connectivity index (χ1v) is 10.3. The molecule has 0 spiro atoms. The summed E-state index contributed by atoms with van der Waals surface area (Å²) >= 11 is 0. The van der Waals surface area contributed by atoms with Crippen LogP contribution in [0.4, 0.5) is 26.3 Å². The van der Waals surface area contributed by atoms with Crippen molar-refractivity contribution in [2.75, 3.05) is 14.2 Å². The first-order valence-electron chi connectivity index (χ1n) is 10.3. The minimum atomic E-state index is -1.69. The molecule has 2 amide bonds. The fraction of sp³-hybridized carbons (Fsp3) is 0.391. The van der Waals surface area contributed by atoms with E-state index in [1.165, 1.54) is 6.92 Å². The van der Waals surface area contributed by atoms with Crippen molar-refractivity contribution in [3.8, 4) is 11.5 Å². The topological polar surface area (TPSA) is 55.8 Å². The molecule has 0 heterocycles. The summed E-state index contributed by atoms with van der Waals surface area (Å²) in [5.74, 6) is -15.1. The maximum Gasteiger partial charge on any atom is 0.264 e. The van der Waals surface area contributed by atoms with Crippen LogP contribution in [0.15, 0.2) is 12.1 Å². The van der Waals surface area contributed by atoms with Crippen molar-refractivity contribution in [2.45, 2.75) is 45.6 Å². The molecule has 0 N–H and O–H groups in total. The summed E-state index contributed by atoms with van der Waals surface area (Å²) in [5, 5.41) is 0. The average Bonchev–Trinajstić information content (AvgIpc) is 2.79. The molecule has 0 aliphatic rings. The van der Waals surface area contributed by atoms with E-state index in [0.717, 1.165) is 20.6 Å². The van der Waals surface area contributed by atoms with Crippen LogP contribution in [-0.4, -0.2) is 37.0 Å². The minimum Gasteiger partial charge on any atom is -0.491 e. The van der Waals surface area contributed by atoms with Gasteiger partial charge in [0.1, 0.15) is 0 Å². The molecule has 0 radical (unpaired) electrons. The third-order valence-electron chi connectivity index (χ3n) is 5.20. The largest absolute Gasteiger partial charge is 0.491 e. The summed E-state index contributed by atoms with van der Waals surface area (Å²) < 4.78 is 94.2. The van der Waals surface area contributed by atoms with Crippen LogP contribution in [0.25, 0.3) is 0 Å². The standard InChI is InChI=1S/C23H23F6NO4/c1-5-6-7-8-11(2)30(22(31)12-9-14(24)18(28)20(33-3)16(12)26)23(32)13-10-15(25)19(29)21(34-4)17(13)27/h9-11H,5-8H2,1-4H3. The van der Waals surface area contributed by atoms with Gasteiger partial charge < -0.3 is 9.47 Å².